The van der Waals surface area contributed by atoms with Crippen molar-refractivity contribution in [3.05, 3.63) is 59.6 Å². The predicted molar refractivity (Wildman–Crippen MR) is 98.8 cm³/mol. The van der Waals surface area contributed by atoms with Crippen LogP contribution in [-0.4, -0.2) is 22.8 Å². The molecule has 0 bridgehead atoms. The minimum Gasteiger partial charge on any atom is -0.352 e. The summed E-state index contributed by atoms with van der Waals surface area (Å²) in [6, 6.07) is 11.8. The summed E-state index contributed by atoms with van der Waals surface area (Å²) in [6.45, 7) is 7.97. The van der Waals surface area contributed by atoms with Gasteiger partial charge in [-0.3, -0.25) is 4.79 Å². The molecule has 0 amide bonds. The maximum absolute atomic E-state index is 10.4. The summed E-state index contributed by atoms with van der Waals surface area (Å²) >= 11 is 0. The highest BCUT2D eigenvalue weighted by Gasteiger charge is 2.18. The van der Waals surface area contributed by atoms with E-state index in [0.717, 1.165) is 29.8 Å². The molecule has 1 aromatic heterocycles. The maximum Gasteiger partial charge on any atom is 0.234 e. The topological polar surface area (TPSA) is 69.9 Å². The molecular weight excluding hydrogens is 312 g/mol. The lowest BCUT2D eigenvalue weighted by Gasteiger charge is -2.31. The number of aromatic nitrogens is 2. The molecular formula is C20H22N4O. The fraction of sp³-hybridized carbons (Fsp3) is 0.300. The zero-order chi connectivity index (χ0) is 18.3. The number of nitriles is 1. The largest absolute Gasteiger partial charge is 0.352 e. The number of aldehydes is 1. The van der Waals surface area contributed by atoms with Crippen molar-refractivity contribution in [1.29, 1.82) is 5.26 Å². The second kappa shape index (κ2) is 8.20. The van der Waals surface area contributed by atoms with Crippen LogP contribution in [0.1, 0.15) is 37.7 Å². The van der Waals surface area contributed by atoms with Crippen molar-refractivity contribution in [3.63, 3.8) is 0 Å². The van der Waals surface area contributed by atoms with Crippen LogP contribution in [0.4, 0.5) is 5.82 Å². The summed E-state index contributed by atoms with van der Waals surface area (Å²) in [7, 11) is 0. The highest BCUT2D eigenvalue weighted by molar-refractivity contribution is 5.73. The monoisotopic (exact) mass is 334 g/mol. The Labute approximate surface area is 148 Å². The highest BCUT2D eigenvalue weighted by atomic mass is 16.1. The average Bonchev–Trinajstić information content (AvgIpc) is 2.59. The van der Waals surface area contributed by atoms with Crippen molar-refractivity contribution in [1.82, 2.24) is 9.97 Å². The van der Waals surface area contributed by atoms with Gasteiger partial charge in [0.05, 0.1) is 0 Å². The first-order valence-electron chi connectivity index (χ1n) is 8.10. The Morgan fingerprint density at radius 1 is 1.20 bits per heavy atom. The van der Waals surface area contributed by atoms with Crippen LogP contribution in [0.25, 0.3) is 6.08 Å². The molecule has 0 radical (unpaired) electrons. The molecule has 0 aliphatic rings. The zero-order valence-electron chi connectivity index (χ0n) is 14.8. The maximum atomic E-state index is 10.4. The number of benzene rings is 1. The average molecular weight is 334 g/mol. The summed E-state index contributed by atoms with van der Waals surface area (Å²) in [5, 5.41) is 9.04. The van der Waals surface area contributed by atoms with Crippen LogP contribution >= 0.6 is 0 Å². The third kappa shape index (κ3) is 5.85. The Bertz CT molecular complexity index is 783. The first-order valence-corrected chi connectivity index (χ1v) is 8.10. The Morgan fingerprint density at radius 3 is 2.52 bits per heavy atom. The molecule has 0 atom stereocenters. The number of hydrogen-bond acceptors (Lipinski definition) is 5. The van der Waals surface area contributed by atoms with Gasteiger partial charge in [0, 0.05) is 19.3 Å². The van der Waals surface area contributed by atoms with Crippen LogP contribution in [0.5, 0.6) is 0 Å². The van der Waals surface area contributed by atoms with Gasteiger partial charge < -0.3 is 4.90 Å². The van der Waals surface area contributed by atoms with Crippen molar-refractivity contribution in [2.45, 2.75) is 27.3 Å². The normalized spacial score (nSPS) is 11.3. The fourth-order valence-electron chi connectivity index (χ4n) is 2.47. The van der Waals surface area contributed by atoms with Crippen molar-refractivity contribution in [2.75, 3.05) is 11.4 Å². The molecule has 0 fully saturated rings. The molecule has 0 saturated carbocycles. The molecule has 0 aliphatic carbocycles. The molecule has 0 saturated heterocycles. The van der Waals surface area contributed by atoms with Crippen LogP contribution in [-0.2, 0) is 11.3 Å². The standard InChI is InChI=1S/C20H22N4O/c1-20(2,3)15-24(19-10-11-22-18(13-21)23-19)14-17-8-6-16(7-9-17)5-4-12-25/h4-12H,14-15H2,1-3H3/b5-4+. The second-order valence-corrected chi connectivity index (χ2v) is 7.00. The van der Waals surface area contributed by atoms with Crippen molar-refractivity contribution >= 4 is 18.2 Å². The van der Waals surface area contributed by atoms with E-state index in [0.29, 0.717) is 6.54 Å². The van der Waals surface area contributed by atoms with Gasteiger partial charge in [0.15, 0.2) is 0 Å². The number of hydrogen-bond donors (Lipinski definition) is 0. The van der Waals surface area contributed by atoms with E-state index in [1.165, 1.54) is 6.08 Å². The van der Waals surface area contributed by atoms with Crippen molar-refractivity contribution in [3.8, 4) is 6.07 Å². The van der Waals surface area contributed by atoms with E-state index >= 15 is 0 Å². The number of nitrogens with zero attached hydrogens (tertiary/aromatic N) is 4. The van der Waals surface area contributed by atoms with E-state index in [2.05, 4.69) is 35.6 Å². The predicted octanol–water partition coefficient (Wildman–Crippen LogP) is 3.61. The fourth-order valence-corrected chi connectivity index (χ4v) is 2.47. The molecule has 0 unspecified atom stereocenters. The summed E-state index contributed by atoms with van der Waals surface area (Å²) < 4.78 is 0. The lowest BCUT2D eigenvalue weighted by atomic mass is 9.95. The Balaban J connectivity index is 2.25. The van der Waals surface area contributed by atoms with Crippen LogP contribution in [0.2, 0.25) is 0 Å². The van der Waals surface area contributed by atoms with Crippen LogP contribution < -0.4 is 4.90 Å². The van der Waals surface area contributed by atoms with Gasteiger partial charge in [-0.2, -0.15) is 5.26 Å². The molecule has 0 spiro atoms. The van der Waals surface area contributed by atoms with E-state index in [4.69, 9.17) is 5.26 Å². The SMILES string of the molecule is CC(C)(C)CN(Cc1ccc(/C=C/C=O)cc1)c1ccnc(C#N)n1. The minimum absolute atomic E-state index is 0.0738. The van der Waals surface area contributed by atoms with Gasteiger partial charge in [0.2, 0.25) is 5.82 Å². The van der Waals surface area contributed by atoms with Gasteiger partial charge in [-0.25, -0.2) is 9.97 Å². The summed E-state index contributed by atoms with van der Waals surface area (Å²) in [5.41, 5.74) is 2.18. The zero-order valence-corrected chi connectivity index (χ0v) is 14.8. The number of allylic oxidation sites excluding steroid dienone is 1. The first kappa shape index (κ1) is 18.3. The molecule has 0 N–H and O–H groups in total. The van der Waals surface area contributed by atoms with Gasteiger partial charge in [-0.05, 0) is 28.7 Å². The van der Waals surface area contributed by atoms with Gasteiger partial charge in [-0.15, -0.1) is 0 Å². The van der Waals surface area contributed by atoms with E-state index < -0.39 is 0 Å². The van der Waals surface area contributed by atoms with Gasteiger partial charge in [0.25, 0.3) is 0 Å². The van der Waals surface area contributed by atoms with Crippen molar-refractivity contribution in [2.24, 2.45) is 5.41 Å². The Kier molecular flexibility index (Phi) is 6.02. The number of anilines is 1. The Hall–Kier alpha value is -3.00. The summed E-state index contributed by atoms with van der Waals surface area (Å²) in [6.07, 6.45) is 5.63. The molecule has 2 rings (SSSR count). The summed E-state index contributed by atoms with van der Waals surface area (Å²) in [4.78, 5) is 20.8. The molecule has 128 valence electrons. The minimum atomic E-state index is 0.0738. The molecule has 1 aromatic carbocycles. The molecule has 0 aliphatic heterocycles. The highest BCUT2D eigenvalue weighted by Crippen LogP contribution is 2.22. The number of carbonyl (C=O) groups excluding carboxylic acids is 1. The number of carbonyl (C=O) groups is 1. The quantitative estimate of drug-likeness (QED) is 0.596. The van der Waals surface area contributed by atoms with E-state index in [-0.39, 0.29) is 11.2 Å². The van der Waals surface area contributed by atoms with Gasteiger partial charge >= 0.3 is 0 Å². The molecule has 25 heavy (non-hydrogen) atoms. The lowest BCUT2D eigenvalue weighted by molar-refractivity contribution is -0.104. The third-order valence-corrected chi connectivity index (χ3v) is 3.45. The second-order valence-electron chi connectivity index (χ2n) is 7.00. The van der Waals surface area contributed by atoms with Crippen LogP contribution in [0, 0.1) is 16.7 Å². The Morgan fingerprint density at radius 2 is 1.92 bits per heavy atom. The number of rotatable bonds is 6. The molecule has 1 heterocycles. The molecule has 2 aromatic rings. The van der Waals surface area contributed by atoms with Gasteiger partial charge in [-0.1, -0.05) is 51.1 Å². The lowest BCUT2D eigenvalue weighted by Crippen LogP contribution is -2.33. The van der Waals surface area contributed by atoms with E-state index in [1.54, 1.807) is 12.3 Å². The van der Waals surface area contributed by atoms with Crippen LogP contribution in [0.15, 0.2) is 42.6 Å². The molecule has 5 nitrogen and oxygen atoms in total. The third-order valence-electron chi connectivity index (χ3n) is 3.45. The summed E-state index contributed by atoms with van der Waals surface area (Å²) in [5.74, 6) is 0.914. The first-order chi connectivity index (χ1) is 11.9. The smallest absolute Gasteiger partial charge is 0.234 e. The van der Waals surface area contributed by atoms with Crippen LogP contribution in [0.3, 0.4) is 0 Å². The van der Waals surface area contributed by atoms with E-state index in [9.17, 15) is 4.79 Å². The van der Waals surface area contributed by atoms with E-state index in [1.807, 2.05) is 36.4 Å². The molecule has 5 heteroatoms. The van der Waals surface area contributed by atoms with Crippen molar-refractivity contribution < 1.29 is 4.79 Å². The van der Waals surface area contributed by atoms with Gasteiger partial charge in [0.1, 0.15) is 18.2 Å².